The third kappa shape index (κ3) is 4.08. The van der Waals surface area contributed by atoms with Crippen LogP contribution in [0.4, 0.5) is 0 Å². The quantitative estimate of drug-likeness (QED) is 0.652. The standard InChI is InChI=1S/C23H32N6O2/c1-6-23(3,4)29-21(25-26-27-29)20(28-11-7-8-15(2)14-28)18-13-16-12-17(31-5)9-10-19(16)24-22(18)30/h9-10,12-13,15,20H,6-8,11,14H2,1-5H3,(H,24,30)/t15-,20-/m0/s1. The lowest BCUT2D eigenvalue weighted by Gasteiger charge is -2.37. The largest absolute Gasteiger partial charge is 0.497 e. The Morgan fingerprint density at radius 1 is 1.32 bits per heavy atom. The van der Waals surface area contributed by atoms with Crippen LogP contribution in [0.25, 0.3) is 10.9 Å². The Morgan fingerprint density at radius 3 is 2.84 bits per heavy atom. The van der Waals surface area contributed by atoms with Crippen molar-refractivity contribution in [1.82, 2.24) is 30.1 Å². The molecule has 0 bridgehead atoms. The van der Waals surface area contributed by atoms with Gasteiger partial charge in [-0.2, -0.15) is 0 Å². The second-order valence-corrected chi connectivity index (χ2v) is 9.27. The maximum Gasteiger partial charge on any atom is 0.253 e. The van der Waals surface area contributed by atoms with E-state index in [1.54, 1.807) is 7.11 Å². The Hall–Kier alpha value is -2.74. The minimum atomic E-state index is -0.317. The van der Waals surface area contributed by atoms with Crippen LogP contribution in [-0.4, -0.2) is 50.3 Å². The lowest BCUT2D eigenvalue weighted by Crippen LogP contribution is -2.42. The van der Waals surface area contributed by atoms with Gasteiger partial charge in [0.05, 0.1) is 12.6 Å². The Kier molecular flexibility index (Phi) is 5.83. The van der Waals surface area contributed by atoms with Gasteiger partial charge >= 0.3 is 0 Å². The number of aromatic nitrogens is 5. The molecule has 0 spiro atoms. The van der Waals surface area contributed by atoms with Crippen LogP contribution >= 0.6 is 0 Å². The van der Waals surface area contributed by atoms with Crippen molar-refractivity contribution in [2.75, 3.05) is 20.2 Å². The number of likely N-dealkylation sites (tertiary alicyclic amines) is 1. The highest BCUT2D eigenvalue weighted by molar-refractivity contribution is 5.80. The van der Waals surface area contributed by atoms with E-state index < -0.39 is 0 Å². The highest BCUT2D eigenvalue weighted by Crippen LogP contribution is 2.33. The van der Waals surface area contributed by atoms with Crippen molar-refractivity contribution in [2.24, 2.45) is 5.92 Å². The molecule has 3 heterocycles. The van der Waals surface area contributed by atoms with E-state index in [0.29, 0.717) is 17.3 Å². The molecule has 8 heteroatoms. The van der Waals surface area contributed by atoms with E-state index in [4.69, 9.17) is 4.74 Å². The zero-order chi connectivity index (χ0) is 22.2. The Bertz CT molecular complexity index is 1120. The molecule has 1 aliphatic heterocycles. The highest BCUT2D eigenvalue weighted by Gasteiger charge is 2.35. The van der Waals surface area contributed by atoms with Crippen LogP contribution in [-0.2, 0) is 5.54 Å². The maximum atomic E-state index is 13.3. The molecule has 166 valence electrons. The van der Waals surface area contributed by atoms with Crippen molar-refractivity contribution >= 4 is 10.9 Å². The third-order valence-electron chi connectivity index (χ3n) is 6.61. The number of aromatic amines is 1. The molecule has 1 aliphatic rings. The van der Waals surface area contributed by atoms with Crippen molar-refractivity contribution in [3.05, 3.63) is 46.0 Å². The summed E-state index contributed by atoms with van der Waals surface area (Å²) in [6.45, 7) is 10.4. The number of nitrogens with zero attached hydrogens (tertiary/aromatic N) is 5. The van der Waals surface area contributed by atoms with E-state index in [9.17, 15) is 4.79 Å². The van der Waals surface area contributed by atoms with Crippen LogP contribution < -0.4 is 10.3 Å². The number of tetrazole rings is 1. The first kappa shape index (κ1) is 21.5. The van der Waals surface area contributed by atoms with Gasteiger partial charge < -0.3 is 9.72 Å². The molecule has 2 atom stereocenters. The average molecular weight is 425 g/mol. The van der Waals surface area contributed by atoms with E-state index in [1.165, 1.54) is 6.42 Å². The van der Waals surface area contributed by atoms with Gasteiger partial charge in [-0.3, -0.25) is 9.69 Å². The van der Waals surface area contributed by atoms with E-state index in [2.05, 4.69) is 53.1 Å². The first-order chi connectivity index (χ1) is 14.8. The predicted octanol–water partition coefficient (Wildman–Crippen LogP) is 3.49. The number of H-pyrrole nitrogens is 1. The van der Waals surface area contributed by atoms with Gasteiger partial charge in [0, 0.05) is 23.0 Å². The van der Waals surface area contributed by atoms with E-state index in [1.807, 2.05) is 28.9 Å². The molecule has 4 rings (SSSR count). The van der Waals surface area contributed by atoms with E-state index in [0.717, 1.165) is 42.6 Å². The number of nitrogens with one attached hydrogen (secondary N) is 1. The number of pyridine rings is 1. The van der Waals surface area contributed by atoms with E-state index in [-0.39, 0.29) is 17.1 Å². The number of benzene rings is 1. The Morgan fingerprint density at radius 2 is 2.13 bits per heavy atom. The molecule has 0 amide bonds. The molecule has 8 nitrogen and oxygen atoms in total. The van der Waals surface area contributed by atoms with Crippen LogP contribution in [0.3, 0.4) is 0 Å². The second-order valence-electron chi connectivity index (χ2n) is 9.27. The molecule has 0 unspecified atom stereocenters. The van der Waals surface area contributed by atoms with Crippen LogP contribution in [0, 0.1) is 5.92 Å². The van der Waals surface area contributed by atoms with Crippen LogP contribution in [0.1, 0.15) is 64.4 Å². The van der Waals surface area contributed by atoms with E-state index >= 15 is 0 Å². The summed E-state index contributed by atoms with van der Waals surface area (Å²) in [7, 11) is 1.65. The predicted molar refractivity (Wildman–Crippen MR) is 120 cm³/mol. The average Bonchev–Trinajstić information content (AvgIpc) is 3.24. The number of hydrogen-bond donors (Lipinski definition) is 1. The van der Waals surface area contributed by atoms with Crippen molar-refractivity contribution in [3.63, 3.8) is 0 Å². The molecule has 3 aromatic rings. The molecule has 1 saturated heterocycles. The lowest BCUT2D eigenvalue weighted by molar-refractivity contribution is 0.135. The summed E-state index contributed by atoms with van der Waals surface area (Å²) in [4.78, 5) is 18.7. The minimum Gasteiger partial charge on any atom is -0.497 e. The Balaban J connectivity index is 1.91. The minimum absolute atomic E-state index is 0.107. The molecule has 1 fully saturated rings. The second kappa shape index (κ2) is 8.42. The zero-order valence-electron chi connectivity index (χ0n) is 19.1. The monoisotopic (exact) mass is 424 g/mol. The Labute approximate surface area is 182 Å². The number of methoxy groups -OCH3 is 1. The molecular formula is C23H32N6O2. The van der Waals surface area contributed by atoms with Crippen molar-refractivity contribution in [1.29, 1.82) is 0 Å². The number of fused-ring (bicyclic) bond motifs is 1. The SMILES string of the molecule is CCC(C)(C)n1nnnc1[C@H](c1cc2cc(OC)ccc2[nH]c1=O)N1CCC[C@H](C)C1. The number of hydrogen-bond acceptors (Lipinski definition) is 6. The first-order valence-corrected chi connectivity index (χ1v) is 11.1. The van der Waals surface area contributed by atoms with Crippen LogP contribution in [0.2, 0.25) is 0 Å². The van der Waals surface area contributed by atoms with Crippen molar-refractivity contribution in [2.45, 2.75) is 58.5 Å². The fraction of sp³-hybridized carbons (Fsp3) is 0.565. The number of rotatable bonds is 6. The molecule has 0 radical (unpaired) electrons. The van der Waals surface area contributed by atoms with Crippen LogP contribution in [0.15, 0.2) is 29.1 Å². The van der Waals surface area contributed by atoms with Gasteiger partial charge in [-0.25, -0.2) is 4.68 Å². The summed E-state index contributed by atoms with van der Waals surface area (Å²) < 4.78 is 7.29. The van der Waals surface area contributed by atoms with Crippen LogP contribution in [0.5, 0.6) is 5.75 Å². The number of piperidine rings is 1. The summed E-state index contributed by atoms with van der Waals surface area (Å²) in [6, 6.07) is 7.33. The summed E-state index contributed by atoms with van der Waals surface area (Å²) in [5.74, 6) is 2.03. The molecule has 1 N–H and O–H groups in total. The van der Waals surface area contributed by atoms with Gasteiger partial charge in [0.1, 0.15) is 11.8 Å². The summed E-state index contributed by atoms with van der Waals surface area (Å²) in [6.07, 6.45) is 3.16. The topological polar surface area (TPSA) is 88.9 Å². The summed E-state index contributed by atoms with van der Waals surface area (Å²) in [5, 5.41) is 13.7. The van der Waals surface area contributed by atoms with Gasteiger partial charge in [-0.1, -0.05) is 13.8 Å². The zero-order valence-corrected chi connectivity index (χ0v) is 19.1. The first-order valence-electron chi connectivity index (χ1n) is 11.1. The molecule has 0 saturated carbocycles. The van der Waals surface area contributed by atoms with Crippen molar-refractivity contribution in [3.8, 4) is 5.75 Å². The smallest absolute Gasteiger partial charge is 0.253 e. The molecule has 0 aliphatic carbocycles. The third-order valence-corrected chi connectivity index (χ3v) is 6.61. The number of ether oxygens (including phenoxy) is 1. The van der Waals surface area contributed by atoms with Gasteiger partial charge in [0.2, 0.25) is 0 Å². The van der Waals surface area contributed by atoms with Gasteiger partial charge in [0.25, 0.3) is 5.56 Å². The highest BCUT2D eigenvalue weighted by atomic mass is 16.5. The fourth-order valence-electron chi connectivity index (χ4n) is 4.44. The molecular weight excluding hydrogens is 392 g/mol. The summed E-state index contributed by atoms with van der Waals surface area (Å²) in [5.41, 5.74) is 1.09. The molecule has 31 heavy (non-hydrogen) atoms. The lowest BCUT2D eigenvalue weighted by atomic mass is 9.94. The fourth-order valence-corrected chi connectivity index (χ4v) is 4.44. The van der Waals surface area contributed by atoms with Gasteiger partial charge in [-0.05, 0) is 80.3 Å². The van der Waals surface area contributed by atoms with Gasteiger partial charge in [0.15, 0.2) is 5.82 Å². The van der Waals surface area contributed by atoms with Crippen molar-refractivity contribution < 1.29 is 4.74 Å². The van der Waals surface area contributed by atoms with Gasteiger partial charge in [-0.15, -0.1) is 5.10 Å². The normalized spacial score (nSPS) is 18.9. The summed E-state index contributed by atoms with van der Waals surface area (Å²) >= 11 is 0. The molecule has 2 aromatic heterocycles. The molecule has 1 aromatic carbocycles. The maximum absolute atomic E-state index is 13.3.